The second-order valence-corrected chi connectivity index (χ2v) is 5.05. The number of hydrogen-bond acceptors (Lipinski definition) is 4. The van der Waals surface area contributed by atoms with E-state index >= 15 is 0 Å². The van der Waals surface area contributed by atoms with Gasteiger partial charge in [0.25, 0.3) is 0 Å². The number of hydrogen-bond donors (Lipinski definition) is 2. The van der Waals surface area contributed by atoms with Crippen LogP contribution in [0.5, 0.6) is 5.75 Å². The van der Waals surface area contributed by atoms with E-state index < -0.39 is 0 Å². The number of nitrogens with zero attached hydrogens (tertiary/aromatic N) is 2. The number of aromatic hydroxyl groups is 1. The Kier molecular flexibility index (Phi) is 3.23. The molecule has 0 radical (unpaired) electrons. The van der Waals surface area contributed by atoms with E-state index in [4.69, 9.17) is 0 Å². The molecule has 6 heteroatoms. The van der Waals surface area contributed by atoms with E-state index in [1.165, 1.54) is 18.2 Å². The van der Waals surface area contributed by atoms with Gasteiger partial charge in [-0.05, 0) is 40.2 Å². The molecule has 0 aliphatic heterocycles. The van der Waals surface area contributed by atoms with Gasteiger partial charge in [-0.15, -0.1) is 0 Å². The topological polar surface area (TPSA) is 58.0 Å². The van der Waals surface area contributed by atoms with E-state index in [1.807, 2.05) is 0 Å². The van der Waals surface area contributed by atoms with Crippen LogP contribution in [0.3, 0.4) is 0 Å². The van der Waals surface area contributed by atoms with Crippen LogP contribution in [-0.2, 0) is 0 Å². The third-order valence-corrected chi connectivity index (χ3v) is 3.36. The molecule has 4 nitrogen and oxygen atoms in total. The molecule has 0 aliphatic carbocycles. The lowest BCUT2D eigenvalue weighted by Crippen LogP contribution is -1.97. The van der Waals surface area contributed by atoms with Crippen LogP contribution >= 0.6 is 15.9 Å². The predicted octanol–water partition coefficient (Wildman–Crippen LogP) is 3.98. The first kappa shape index (κ1) is 12.8. The van der Waals surface area contributed by atoms with Crippen LogP contribution in [-0.4, -0.2) is 15.1 Å². The molecule has 1 aromatic heterocycles. The fourth-order valence-electron chi connectivity index (χ4n) is 1.80. The molecule has 0 unspecified atom stereocenters. The maximum absolute atomic E-state index is 13.1. The molecular formula is C14H9BrFN3O. The Labute approximate surface area is 122 Å². The maximum atomic E-state index is 13.1. The van der Waals surface area contributed by atoms with Crippen LogP contribution in [0, 0.1) is 5.82 Å². The van der Waals surface area contributed by atoms with Crippen molar-refractivity contribution in [2.45, 2.75) is 0 Å². The van der Waals surface area contributed by atoms with Gasteiger partial charge in [0.1, 0.15) is 11.6 Å². The molecule has 0 saturated heterocycles. The van der Waals surface area contributed by atoms with E-state index in [-0.39, 0.29) is 11.6 Å². The largest absolute Gasteiger partial charge is 0.507 e. The van der Waals surface area contributed by atoms with E-state index in [9.17, 15) is 9.50 Å². The molecular weight excluding hydrogens is 325 g/mol. The summed E-state index contributed by atoms with van der Waals surface area (Å²) in [4.78, 5) is 8.43. The Bertz CT molecular complexity index is 794. The fourth-order valence-corrected chi connectivity index (χ4v) is 2.16. The summed E-state index contributed by atoms with van der Waals surface area (Å²) in [7, 11) is 0. The van der Waals surface area contributed by atoms with Crippen molar-refractivity contribution in [3.63, 3.8) is 0 Å². The van der Waals surface area contributed by atoms with Gasteiger partial charge in [-0.2, -0.15) is 0 Å². The predicted molar refractivity (Wildman–Crippen MR) is 78.6 cm³/mol. The van der Waals surface area contributed by atoms with Crippen molar-refractivity contribution in [3.05, 3.63) is 52.9 Å². The van der Waals surface area contributed by atoms with Crippen molar-refractivity contribution in [3.8, 4) is 5.75 Å². The first-order valence-electron chi connectivity index (χ1n) is 5.80. The van der Waals surface area contributed by atoms with E-state index in [1.54, 1.807) is 24.4 Å². The Hall–Kier alpha value is -2.21. The van der Waals surface area contributed by atoms with Crippen LogP contribution in [0.2, 0.25) is 0 Å². The zero-order valence-corrected chi connectivity index (χ0v) is 11.7. The number of phenols is 1. The zero-order chi connectivity index (χ0) is 14.1. The highest BCUT2D eigenvalue weighted by atomic mass is 79.9. The van der Waals surface area contributed by atoms with Gasteiger partial charge in [0.2, 0.25) is 5.95 Å². The van der Waals surface area contributed by atoms with Gasteiger partial charge in [0.05, 0.1) is 9.99 Å². The van der Waals surface area contributed by atoms with Crippen LogP contribution in [0.15, 0.2) is 47.1 Å². The summed E-state index contributed by atoms with van der Waals surface area (Å²) in [6.07, 6.45) is 1.63. The average Bonchev–Trinajstić information content (AvgIpc) is 2.40. The molecule has 0 spiro atoms. The van der Waals surface area contributed by atoms with Crippen molar-refractivity contribution in [1.29, 1.82) is 0 Å². The van der Waals surface area contributed by atoms with Crippen LogP contribution in [0.25, 0.3) is 10.9 Å². The number of anilines is 2. The Morgan fingerprint density at radius 3 is 2.85 bits per heavy atom. The van der Waals surface area contributed by atoms with Crippen molar-refractivity contribution >= 4 is 38.5 Å². The highest BCUT2D eigenvalue weighted by Gasteiger charge is 2.05. The zero-order valence-electron chi connectivity index (χ0n) is 10.1. The summed E-state index contributed by atoms with van der Waals surface area (Å²) in [5, 5.41) is 13.4. The molecule has 2 aromatic carbocycles. The van der Waals surface area contributed by atoms with Crippen molar-refractivity contribution in [2.24, 2.45) is 0 Å². The number of benzene rings is 2. The van der Waals surface area contributed by atoms with Gasteiger partial charge in [0, 0.05) is 23.3 Å². The van der Waals surface area contributed by atoms with E-state index in [0.717, 1.165) is 5.39 Å². The minimum absolute atomic E-state index is 0.105. The molecule has 3 aromatic rings. The quantitative estimate of drug-likeness (QED) is 0.744. The molecule has 0 bridgehead atoms. The number of nitrogens with one attached hydrogen (secondary N) is 1. The average molecular weight is 334 g/mol. The molecule has 0 fully saturated rings. The Balaban J connectivity index is 1.98. The highest BCUT2D eigenvalue weighted by molar-refractivity contribution is 9.10. The Morgan fingerprint density at radius 1 is 1.20 bits per heavy atom. The summed E-state index contributed by atoms with van der Waals surface area (Å²) < 4.78 is 13.7. The summed E-state index contributed by atoms with van der Waals surface area (Å²) in [5.74, 6) is 0.107. The highest BCUT2D eigenvalue weighted by Crippen LogP contribution is 2.28. The SMILES string of the molecule is Oc1cc2nc(Nc3cccc(F)c3)ncc2cc1Br. The number of phenolic OH excluding ortho intramolecular Hbond substituents is 1. The van der Waals surface area contributed by atoms with Gasteiger partial charge in [0.15, 0.2) is 0 Å². The number of fused-ring (bicyclic) bond motifs is 1. The molecule has 3 rings (SSSR count). The maximum Gasteiger partial charge on any atom is 0.227 e. The molecule has 0 saturated carbocycles. The minimum atomic E-state index is -0.336. The summed E-state index contributed by atoms with van der Waals surface area (Å²) in [6.45, 7) is 0. The second-order valence-electron chi connectivity index (χ2n) is 4.19. The normalized spacial score (nSPS) is 10.7. The second kappa shape index (κ2) is 5.05. The van der Waals surface area contributed by atoms with Crippen molar-refractivity contribution < 1.29 is 9.50 Å². The van der Waals surface area contributed by atoms with Crippen LogP contribution < -0.4 is 5.32 Å². The van der Waals surface area contributed by atoms with Gasteiger partial charge < -0.3 is 10.4 Å². The van der Waals surface area contributed by atoms with Gasteiger partial charge in [-0.25, -0.2) is 14.4 Å². The smallest absolute Gasteiger partial charge is 0.227 e. The van der Waals surface area contributed by atoms with Gasteiger partial charge >= 0.3 is 0 Å². The summed E-state index contributed by atoms with van der Waals surface area (Å²) in [5.41, 5.74) is 1.16. The third-order valence-electron chi connectivity index (χ3n) is 2.73. The molecule has 0 atom stereocenters. The van der Waals surface area contributed by atoms with Crippen molar-refractivity contribution in [1.82, 2.24) is 9.97 Å². The van der Waals surface area contributed by atoms with Crippen LogP contribution in [0.4, 0.5) is 16.0 Å². The molecule has 20 heavy (non-hydrogen) atoms. The number of halogens is 2. The molecule has 0 amide bonds. The van der Waals surface area contributed by atoms with E-state index in [2.05, 4.69) is 31.2 Å². The lowest BCUT2D eigenvalue weighted by atomic mass is 10.2. The Morgan fingerprint density at radius 2 is 2.05 bits per heavy atom. The third kappa shape index (κ3) is 2.55. The fraction of sp³-hybridized carbons (Fsp3) is 0. The molecule has 0 aliphatic rings. The lowest BCUT2D eigenvalue weighted by Gasteiger charge is -2.06. The minimum Gasteiger partial charge on any atom is -0.507 e. The molecule has 1 heterocycles. The summed E-state index contributed by atoms with van der Waals surface area (Å²) >= 11 is 3.23. The van der Waals surface area contributed by atoms with Gasteiger partial charge in [-0.3, -0.25) is 0 Å². The number of rotatable bonds is 2. The van der Waals surface area contributed by atoms with Gasteiger partial charge in [-0.1, -0.05) is 6.07 Å². The first-order chi connectivity index (χ1) is 9.61. The first-order valence-corrected chi connectivity index (χ1v) is 6.59. The lowest BCUT2D eigenvalue weighted by molar-refractivity contribution is 0.472. The number of aromatic nitrogens is 2. The summed E-state index contributed by atoms with van der Waals surface area (Å²) in [6, 6.07) is 9.31. The molecule has 100 valence electrons. The monoisotopic (exact) mass is 333 g/mol. The van der Waals surface area contributed by atoms with E-state index in [0.29, 0.717) is 21.6 Å². The van der Waals surface area contributed by atoms with Crippen molar-refractivity contribution in [2.75, 3.05) is 5.32 Å². The molecule has 2 N–H and O–H groups in total. The van der Waals surface area contributed by atoms with Crippen LogP contribution in [0.1, 0.15) is 0 Å². The standard InChI is InChI=1S/C14H9BrFN3O/c15-11-4-8-7-17-14(19-12(8)6-13(11)20)18-10-3-1-2-9(16)5-10/h1-7,20H,(H,17,18,19).